The van der Waals surface area contributed by atoms with E-state index >= 15 is 0 Å². The highest BCUT2D eigenvalue weighted by molar-refractivity contribution is 6.30. The van der Waals surface area contributed by atoms with Crippen LogP contribution in [0, 0.1) is 18.6 Å². The van der Waals surface area contributed by atoms with Crippen molar-refractivity contribution in [2.45, 2.75) is 57.0 Å². The van der Waals surface area contributed by atoms with Crippen molar-refractivity contribution < 1.29 is 18.3 Å². The number of nitrogens with zero attached hydrogens (tertiary/aromatic N) is 4. The Morgan fingerprint density at radius 3 is 1.74 bits per heavy atom. The number of hydrogen-bond donors (Lipinski definition) is 0. The number of hydrogen-bond acceptors (Lipinski definition) is 6. The fourth-order valence-electron chi connectivity index (χ4n) is 5.82. The molecule has 6 nitrogen and oxygen atoms in total. The molecule has 10 heteroatoms. The van der Waals surface area contributed by atoms with Gasteiger partial charge in [-0.25, -0.2) is 8.78 Å². The van der Waals surface area contributed by atoms with Crippen LogP contribution >= 0.6 is 23.2 Å². The van der Waals surface area contributed by atoms with E-state index in [1.807, 2.05) is 49.4 Å². The molecule has 2 aliphatic heterocycles. The Labute approximate surface area is 286 Å². The molecule has 0 saturated carbocycles. The van der Waals surface area contributed by atoms with E-state index in [0.29, 0.717) is 16.3 Å². The number of aromatic nitrogens is 2. The minimum absolute atomic E-state index is 0.0405. The lowest BCUT2D eigenvalue weighted by molar-refractivity contribution is -0.0263. The van der Waals surface area contributed by atoms with Crippen LogP contribution in [0.25, 0.3) is 0 Å². The number of rotatable bonds is 8. The third-order valence-electron chi connectivity index (χ3n) is 8.64. The first-order chi connectivity index (χ1) is 22.6. The van der Waals surface area contributed by atoms with Crippen LogP contribution in [0.3, 0.4) is 0 Å². The third-order valence-corrected chi connectivity index (χ3v) is 9.11. The van der Waals surface area contributed by atoms with Crippen molar-refractivity contribution in [3.63, 3.8) is 0 Å². The van der Waals surface area contributed by atoms with Gasteiger partial charge in [0, 0.05) is 43.0 Å². The summed E-state index contributed by atoms with van der Waals surface area (Å²) in [6, 6.07) is 19.5. The predicted molar refractivity (Wildman–Crippen MR) is 183 cm³/mol. The van der Waals surface area contributed by atoms with Crippen molar-refractivity contribution in [3.05, 3.63) is 129 Å². The number of piperidine rings is 2. The first-order valence-electron chi connectivity index (χ1n) is 16.1. The van der Waals surface area contributed by atoms with Gasteiger partial charge in [-0.15, -0.1) is 0 Å². The van der Waals surface area contributed by atoms with E-state index in [1.54, 1.807) is 18.3 Å². The molecule has 6 rings (SSSR count). The van der Waals surface area contributed by atoms with Gasteiger partial charge in [0.15, 0.2) is 0 Å². The van der Waals surface area contributed by atoms with Gasteiger partial charge in [0.2, 0.25) is 0 Å². The highest BCUT2D eigenvalue weighted by Gasteiger charge is 2.27. The molecule has 0 aliphatic carbocycles. The lowest BCUT2D eigenvalue weighted by atomic mass is 10.0. The Bertz CT molecular complexity index is 1500. The van der Waals surface area contributed by atoms with E-state index in [9.17, 15) is 8.78 Å². The van der Waals surface area contributed by atoms with Gasteiger partial charge in [-0.05, 0) is 100 Å². The van der Waals surface area contributed by atoms with Gasteiger partial charge in [-0.2, -0.15) is 0 Å². The molecule has 4 aromatic rings. The molecule has 250 valence electrons. The van der Waals surface area contributed by atoms with Gasteiger partial charge >= 0.3 is 0 Å². The van der Waals surface area contributed by atoms with E-state index in [2.05, 4.69) is 33.9 Å². The zero-order valence-electron chi connectivity index (χ0n) is 27.1. The quantitative estimate of drug-likeness (QED) is 0.186. The van der Waals surface area contributed by atoms with Crippen LogP contribution in [-0.2, 0) is 9.47 Å². The molecule has 0 radical (unpaired) electrons. The molecule has 2 saturated heterocycles. The molecule has 2 atom stereocenters. The van der Waals surface area contributed by atoms with E-state index in [0.717, 1.165) is 79.9 Å². The third kappa shape index (κ3) is 10.3. The van der Waals surface area contributed by atoms with Crippen LogP contribution in [0.5, 0.6) is 0 Å². The summed E-state index contributed by atoms with van der Waals surface area (Å²) in [6.45, 7) is 5.86. The van der Waals surface area contributed by atoms with Crippen LogP contribution in [-0.4, -0.2) is 72.3 Å². The minimum atomic E-state index is -0.625. The summed E-state index contributed by atoms with van der Waals surface area (Å²) < 4.78 is 40.3. The second kappa shape index (κ2) is 16.9. The molecule has 0 bridgehead atoms. The van der Waals surface area contributed by atoms with E-state index in [-0.39, 0.29) is 24.1 Å². The SMILES string of the molecule is CN1CCC(OC(c2ccc(Cl)cc2)c2ccc(Cl)cn2)CC1.Cc1ccc(C(OC2CCN(C)CC2)c2ccc(F)cn2)c(F)c1. The monoisotopic (exact) mass is 682 g/mol. The van der Waals surface area contributed by atoms with Gasteiger partial charge in [0.1, 0.15) is 23.8 Å². The van der Waals surface area contributed by atoms with Crippen LogP contribution in [0.1, 0.15) is 66.0 Å². The Hall–Kier alpha value is -2.98. The average Bonchev–Trinajstić information content (AvgIpc) is 3.06. The zero-order valence-corrected chi connectivity index (χ0v) is 28.6. The van der Waals surface area contributed by atoms with E-state index < -0.39 is 11.9 Å². The molecular formula is C37H42Cl2F2N4O2. The number of aryl methyl sites for hydroxylation is 1. The topological polar surface area (TPSA) is 50.7 Å². The summed E-state index contributed by atoms with van der Waals surface area (Å²) in [4.78, 5) is 13.2. The Morgan fingerprint density at radius 2 is 1.21 bits per heavy atom. The largest absolute Gasteiger partial charge is 0.364 e. The summed E-state index contributed by atoms with van der Waals surface area (Å²) in [5.41, 5.74) is 3.75. The summed E-state index contributed by atoms with van der Waals surface area (Å²) in [5.74, 6) is -0.736. The molecule has 0 spiro atoms. The van der Waals surface area contributed by atoms with Gasteiger partial charge < -0.3 is 19.3 Å². The maximum absolute atomic E-state index is 14.5. The second-order valence-electron chi connectivity index (χ2n) is 12.4. The first kappa shape index (κ1) is 35.3. The lowest BCUT2D eigenvalue weighted by Gasteiger charge is -2.32. The predicted octanol–water partition coefficient (Wildman–Crippen LogP) is 8.46. The maximum atomic E-state index is 14.5. The molecule has 0 amide bonds. The van der Waals surface area contributed by atoms with Gasteiger partial charge in [-0.3, -0.25) is 9.97 Å². The summed E-state index contributed by atoms with van der Waals surface area (Å²) >= 11 is 12.0. The maximum Gasteiger partial charge on any atom is 0.141 e. The fourth-order valence-corrected chi connectivity index (χ4v) is 6.05. The summed E-state index contributed by atoms with van der Waals surface area (Å²) in [5, 5.41) is 1.35. The molecule has 2 aromatic heterocycles. The molecule has 47 heavy (non-hydrogen) atoms. The molecule has 0 N–H and O–H groups in total. The highest BCUT2D eigenvalue weighted by Crippen LogP contribution is 2.32. The molecule has 2 aromatic carbocycles. The van der Waals surface area contributed by atoms with Gasteiger partial charge in [-0.1, -0.05) is 47.5 Å². The Balaban J connectivity index is 0.000000185. The van der Waals surface area contributed by atoms with Gasteiger partial charge in [0.05, 0.1) is 34.8 Å². The zero-order chi connectivity index (χ0) is 33.3. The molecule has 4 heterocycles. The van der Waals surface area contributed by atoms with E-state index in [4.69, 9.17) is 32.7 Å². The number of benzene rings is 2. The summed E-state index contributed by atoms with van der Waals surface area (Å²) in [6.07, 6.45) is 6.12. The first-order valence-corrected chi connectivity index (χ1v) is 16.8. The van der Waals surface area contributed by atoms with Crippen LogP contribution < -0.4 is 0 Å². The lowest BCUT2D eigenvalue weighted by Crippen LogP contribution is -2.35. The van der Waals surface area contributed by atoms with Crippen molar-refractivity contribution in [1.82, 2.24) is 19.8 Å². The van der Waals surface area contributed by atoms with Crippen molar-refractivity contribution in [3.8, 4) is 0 Å². The minimum Gasteiger partial charge on any atom is -0.364 e. The molecular weight excluding hydrogens is 641 g/mol. The number of pyridine rings is 2. The van der Waals surface area contributed by atoms with Gasteiger partial charge in [0.25, 0.3) is 0 Å². The van der Waals surface area contributed by atoms with Crippen molar-refractivity contribution >= 4 is 23.2 Å². The van der Waals surface area contributed by atoms with Crippen molar-refractivity contribution in [2.75, 3.05) is 40.3 Å². The smallest absolute Gasteiger partial charge is 0.141 e. The van der Waals surface area contributed by atoms with E-state index in [1.165, 1.54) is 12.1 Å². The Morgan fingerprint density at radius 1 is 0.681 bits per heavy atom. The van der Waals surface area contributed by atoms with Crippen LogP contribution in [0.4, 0.5) is 8.78 Å². The van der Waals surface area contributed by atoms with Crippen LogP contribution in [0.2, 0.25) is 10.0 Å². The molecule has 2 fully saturated rings. The highest BCUT2D eigenvalue weighted by atomic mass is 35.5. The average molecular weight is 684 g/mol. The molecule has 2 aliphatic rings. The normalized spacial score (nSPS) is 17.9. The Kier molecular flexibility index (Phi) is 12.7. The second-order valence-corrected chi connectivity index (χ2v) is 13.3. The van der Waals surface area contributed by atoms with Crippen molar-refractivity contribution in [2.24, 2.45) is 0 Å². The fraction of sp³-hybridized carbons (Fsp3) is 0.405. The molecule has 2 unspecified atom stereocenters. The number of halogens is 4. The number of likely N-dealkylation sites (tertiary alicyclic amines) is 2. The van der Waals surface area contributed by atoms with Crippen LogP contribution in [0.15, 0.2) is 79.1 Å². The van der Waals surface area contributed by atoms with Crippen molar-refractivity contribution in [1.29, 1.82) is 0 Å². The number of ether oxygens (including phenoxy) is 2. The standard InChI is InChI=1S/C19H22F2N2O.C18H20Cl2N2O/c1-13-3-5-16(17(21)11-13)19(18-6-4-14(20)12-22-18)24-15-7-9-23(2)10-8-15;1-22-10-8-16(9-11-22)23-18(13-2-4-14(19)5-3-13)17-7-6-15(20)12-21-17/h3-6,11-12,15,19H,7-10H2,1-2H3;2-7,12,16,18H,8-11H2,1H3. The summed E-state index contributed by atoms with van der Waals surface area (Å²) in [7, 11) is 4.22.